The Labute approximate surface area is 257 Å². The Kier molecular flexibility index (Phi) is 14.0. The van der Waals surface area contributed by atoms with Crippen LogP contribution in [0.5, 0.6) is 5.75 Å². The zero-order valence-electron chi connectivity index (χ0n) is 25.3. The number of hydrogen-bond acceptors (Lipinski definition) is 7. The number of methoxy groups -OCH3 is 1. The number of carbonyl (C=O) groups excluding carboxylic acids is 2. The maximum Gasteiger partial charge on any atom is 0.433 e. The molecular weight excluding hydrogens is 577 g/mol. The Bertz CT molecular complexity index is 1220. The second-order valence-corrected chi connectivity index (χ2v) is 10.3. The van der Waals surface area contributed by atoms with Crippen molar-refractivity contribution in [3.63, 3.8) is 0 Å². The molecular formula is C34H41F3O7. The van der Waals surface area contributed by atoms with E-state index in [1.54, 1.807) is 19.2 Å². The van der Waals surface area contributed by atoms with Crippen molar-refractivity contribution in [3.8, 4) is 16.9 Å². The Hall–Kier alpha value is -3.63. The summed E-state index contributed by atoms with van der Waals surface area (Å²) in [5, 5.41) is 0. The lowest BCUT2D eigenvalue weighted by Gasteiger charge is -2.37. The van der Waals surface area contributed by atoms with Gasteiger partial charge in [-0.1, -0.05) is 48.9 Å². The summed E-state index contributed by atoms with van der Waals surface area (Å²) in [6, 6.07) is 13.4. The van der Waals surface area contributed by atoms with Gasteiger partial charge in [0.25, 0.3) is 0 Å². The molecule has 2 aromatic rings. The first kappa shape index (κ1) is 34.9. The first-order valence-electron chi connectivity index (χ1n) is 14.9. The summed E-state index contributed by atoms with van der Waals surface area (Å²) in [4.78, 5) is 25.9. The summed E-state index contributed by atoms with van der Waals surface area (Å²) in [6.07, 6.45) is 3.80. The number of allylic oxidation sites excluding steroid dienone is 2. The average Bonchev–Trinajstić information content (AvgIpc) is 3.02. The topological polar surface area (TPSA) is 80.3 Å². The zero-order valence-corrected chi connectivity index (χ0v) is 25.3. The molecule has 3 rings (SSSR count). The van der Waals surface area contributed by atoms with Crippen molar-refractivity contribution >= 4 is 11.9 Å². The van der Waals surface area contributed by atoms with Crippen LogP contribution >= 0.6 is 0 Å². The molecule has 1 aliphatic carbocycles. The van der Waals surface area contributed by atoms with Gasteiger partial charge in [-0.15, -0.1) is 0 Å². The first-order chi connectivity index (χ1) is 21.2. The highest BCUT2D eigenvalue weighted by molar-refractivity contribution is 5.91. The molecule has 2 atom stereocenters. The summed E-state index contributed by atoms with van der Waals surface area (Å²) >= 11 is 0. The predicted molar refractivity (Wildman–Crippen MR) is 160 cm³/mol. The third-order valence-corrected chi connectivity index (χ3v) is 7.13. The van der Waals surface area contributed by atoms with E-state index in [0.29, 0.717) is 44.7 Å². The number of hydrogen-bond donors (Lipinski definition) is 0. The Morgan fingerprint density at radius 1 is 0.795 bits per heavy atom. The van der Waals surface area contributed by atoms with Crippen LogP contribution in [-0.4, -0.2) is 63.9 Å². The lowest BCUT2D eigenvalue weighted by atomic mass is 9.82. The summed E-state index contributed by atoms with van der Waals surface area (Å²) in [5.41, 5.74) is -1.71. The zero-order chi connectivity index (χ0) is 31.8. The third-order valence-electron chi connectivity index (χ3n) is 7.13. The van der Waals surface area contributed by atoms with Crippen molar-refractivity contribution in [3.05, 3.63) is 78.4 Å². The number of ether oxygens (including phenoxy) is 5. The van der Waals surface area contributed by atoms with Gasteiger partial charge in [0.2, 0.25) is 5.60 Å². The van der Waals surface area contributed by atoms with E-state index in [1.165, 1.54) is 18.2 Å². The molecule has 0 fully saturated rings. The monoisotopic (exact) mass is 618 g/mol. The fraction of sp³-hybridized carbons (Fsp3) is 0.471. The van der Waals surface area contributed by atoms with E-state index in [1.807, 2.05) is 31.2 Å². The van der Waals surface area contributed by atoms with E-state index in [-0.39, 0.29) is 12.2 Å². The van der Waals surface area contributed by atoms with Crippen molar-refractivity contribution in [2.45, 2.75) is 57.2 Å². The largest absolute Gasteiger partial charge is 0.494 e. The van der Waals surface area contributed by atoms with Gasteiger partial charge in [-0.3, -0.25) is 4.79 Å². The second-order valence-electron chi connectivity index (χ2n) is 10.3. The minimum absolute atomic E-state index is 0.0354. The van der Waals surface area contributed by atoms with Crippen LogP contribution in [0.3, 0.4) is 0 Å². The smallest absolute Gasteiger partial charge is 0.433 e. The molecule has 0 bridgehead atoms. The number of rotatable bonds is 18. The fourth-order valence-electron chi connectivity index (χ4n) is 4.66. The maximum atomic E-state index is 14.5. The number of unbranched alkanes of at least 4 members (excludes halogenated alkanes) is 4. The van der Waals surface area contributed by atoms with Crippen LogP contribution in [0, 0.1) is 5.92 Å². The normalized spacial score (nSPS) is 17.8. The minimum Gasteiger partial charge on any atom is -0.494 e. The average molecular weight is 619 g/mol. The Balaban J connectivity index is 1.62. The molecule has 0 amide bonds. The minimum atomic E-state index is -5.08. The highest BCUT2D eigenvalue weighted by Gasteiger charge is 2.64. The molecule has 10 heteroatoms. The molecule has 1 aliphatic rings. The number of carbonyl (C=O) groups is 2. The molecule has 2 unspecified atom stereocenters. The number of esters is 2. The first-order valence-corrected chi connectivity index (χ1v) is 14.9. The molecule has 44 heavy (non-hydrogen) atoms. The van der Waals surface area contributed by atoms with E-state index >= 15 is 0 Å². The van der Waals surface area contributed by atoms with Crippen LogP contribution in [0.4, 0.5) is 13.2 Å². The number of alkyl halides is 3. The molecule has 0 aromatic heterocycles. The quantitative estimate of drug-likeness (QED) is 0.126. The van der Waals surface area contributed by atoms with Crippen LogP contribution in [-0.2, 0) is 23.7 Å². The van der Waals surface area contributed by atoms with E-state index in [0.717, 1.165) is 55.4 Å². The van der Waals surface area contributed by atoms with Crippen molar-refractivity contribution in [2.75, 3.05) is 40.1 Å². The van der Waals surface area contributed by atoms with Gasteiger partial charge >= 0.3 is 18.1 Å². The summed E-state index contributed by atoms with van der Waals surface area (Å²) < 4.78 is 69.9. The lowest BCUT2D eigenvalue weighted by molar-refractivity contribution is -0.254. The molecule has 0 saturated carbocycles. The van der Waals surface area contributed by atoms with E-state index in [4.69, 9.17) is 23.7 Å². The summed E-state index contributed by atoms with van der Waals surface area (Å²) in [5.74, 6) is -3.49. The Morgan fingerprint density at radius 2 is 1.41 bits per heavy atom. The van der Waals surface area contributed by atoms with Gasteiger partial charge in [0, 0.05) is 26.9 Å². The molecule has 0 N–H and O–H groups in total. The molecule has 7 nitrogen and oxygen atoms in total. The standard InChI is InChI=1S/C34H41F3O7/c1-3-41-23-8-4-5-9-25-43-32(39)30-12-6-7-21-33(30,34(35,36)37)44-31(38)28-15-13-26(14-16-28)27-17-19-29(20-18-27)42-24-11-10-22-40-2/h6-7,12-21,30H,3-5,8-11,22-25H2,1-2H3. The molecule has 0 spiro atoms. The molecule has 0 heterocycles. The van der Waals surface area contributed by atoms with E-state index in [9.17, 15) is 22.8 Å². The van der Waals surface area contributed by atoms with Crippen LogP contribution in [0.1, 0.15) is 55.8 Å². The maximum absolute atomic E-state index is 14.5. The summed E-state index contributed by atoms with van der Waals surface area (Å²) in [7, 11) is 1.66. The third kappa shape index (κ3) is 9.95. The number of benzene rings is 2. The van der Waals surface area contributed by atoms with Crippen molar-refractivity contribution in [1.82, 2.24) is 0 Å². The Morgan fingerprint density at radius 3 is 2.05 bits per heavy atom. The van der Waals surface area contributed by atoms with Gasteiger partial charge in [0.15, 0.2) is 0 Å². The lowest BCUT2D eigenvalue weighted by Crippen LogP contribution is -2.56. The molecule has 0 saturated heterocycles. The molecule has 0 radical (unpaired) electrons. The molecule has 240 valence electrons. The molecule has 0 aliphatic heterocycles. The van der Waals surface area contributed by atoms with Crippen LogP contribution in [0.25, 0.3) is 11.1 Å². The van der Waals surface area contributed by atoms with Gasteiger partial charge in [-0.25, -0.2) is 4.79 Å². The van der Waals surface area contributed by atoms with Gasteiger partial charge in [-0.2, -0.15) is 13.2 Å². The van der Waals surface area contributed by atoms with Crippen molar-refractivity contribution < 1.29 is 46.4 Å². The predicted octanol–water partition coefficient (Wildman–Crippen LogP) is 7.50. The number of halogens is 3. The molecule has 2 aromatic carbocycles. The van der Waals surface area contributed by atoms with Crippen LogP contribution < -0.4 is 4.74 Å². The second kappa shape index (κ2) is 17.6. The SMILES string of the molecule is CCOCCCCCCOC(=O)C1C=CC=CC1(OC(=O)c1ccc(-c2ccc(OCCCCOC)cc2)cc1)C(F)(F)F. The highest BCUT2D eigenvalue weighted by Crippen LogP contribution is 2.44. The van der Waals surface area contributed by atoms with Gasteiger partial charge in [0.1, 0.15) is 11.7 Å². The highest BCUT2D eigenvalue weighted by atomic mass is 19.4. The van der Waals surface area contributed by atoms with Gasteiger partial charge < -0.3 is 23.7 Å². The van der Waals surface area contributed by atoms with Gasteiger partial charge in [0.05, 0.1) is 18.8 Å². The van der Waals surface area contributed by atoms with E-state index in [2.05, 4.69) is 0 Å². The van der Waals surface area contributed by atoms with Crippen LogP contribution in [0.2, 0.25) is 0 Å². The van der Waals surface area contributed by atoms with Crippen molar-refractivity contribution in [2.24, 2.45) is 5.92 Å². The summed E-state index contributed by atoms with van der Waals surface area (Å²) in [6.45, 7) is 4.40. The van der Waals surface area contributed by atoms with Crippen molar-refractivity contribution in [1.29, 1.82) is 0 Å². The van der Waals surface area contributed by atoms with Gasteiger partial charge in [-0.05, 0) is 80.5 Å². The fourth-order valence-corrected chi connectivity index (χ4v) is 4.66. The van der Waals surface area contributed by atoms with Crippen LogP contribution in [0.15, 0.2) is 72.8 Å². The van der Waals surface area contributed by atoms with E-state index < -0.39 is 29.6 Å².